The predicted octanol–water partition coefficient (Wildman–Crippen LogP) is -0.111. The maximum atomic E-state index is 10.8. The van der Waals surface area contributed by atoms with Gasteiger partial charge in [-0.25, -0.2) is 4.79 Å². The Kier molecular flexibility index (Phi) is 3.76. The molecule has 1 aliphatic heterocycles. The molecule has 1 fully saturated rings. The SMILES string of the molecule is C=C(CNC(=O)OC)N1CCC(N)C1. The number of nitrogens with zero attached hydrogens (tertiary/aromatic N) is 1. The summed E-state index contributed by atoms with van der Waals surface area (Å²) in [7, 11) is 1.34. The van der Waals surface area contributed by atoms with Crippen LogP contribution < -0.4 is 11.1 Å². The smallest absolute Gasteiger partial charge is 0.407 e. The maximum absolute atomic E-state index is 10.8. The van der Waals surface area contributed by atoms with Crippen molar-refractivity contribution in [3.8, 4) is 0 Å². The Labute approximate surface area is 83.9 Å². The minimum Gasteiger partial charge on any atom is -0.453 e. The second-order valence-corrected chi connectivity index (χ2v) is 3.41. The van der Waals surface area contributed by atoms with Crippen LogP contribution in [0.15, 0.2) is 12.3 Å². The number of nitrogens with two attached hydrogens (primary N) is 1. The molecule has 3 N–H and O–H groups in total. The molecule has 80 valence electrons. The number of carbonyl (C=O) groups is 1. The summed E-state index contributed by atoms with van der Waals surface area (Å²) in [4.78, 5) is 12.9. The topological polar surface area (TPSA) is 67.6 Å². The van der Waals surface area contributed by atoms with Crippen molar-refractivity contribution in [3.05, 3.63) is 12.3 Å². The average Bonchev–Trinajstić information content (AvgIpc) is 2.60. The summed E-state index contributed by atoms with van der Waals surface area (Å²) in [5.74, 6) is 0. The number of rotatable bonds is 3. The van der Waals surface area contributed by atoms with Gasteiger partial charge >= 0.3 is 6.09 Å². The molecule has 5 heteroatoms. The van der Waals surface area contributed by atoms with Crippen LogP contribution in [0.1, 0.15) is 6.42 Å². The van der Waals surface area contributed by atoms with E-state index >= 15 is 0 Å². The fourth-order valence-electron chi connectivity index (χ4n) is 1.43. The van der Waals surface area contributed by atoms with Crippen LogP contribution in [-0.2, 0) is 4.74 Å². The van der Waals surface area contributed by atoms with Crippen LogP contribution in [0.4, 0.5) is 4.79 Å². The minimum atomic E-state index is -0.436. The van der Waals surface area contributed by atoms with Crippen molar-refractivity contribution in [2.75, 3.05) is 26.7 Å². The molecule has 0 radical (unpaired) electrons. The second kappa shape index (κ2) is 4.85. The van der Waals surface area contributed by atoms with Gasteiger partial charge in [0.15, 0.2) is 0 Å². The van der Waals surface area contributed by atoms with Crippen molar-refractivity contribution in [2.24, 2.45) is 5.73 Å². The zero-order chi connectivity index (χ0) is 10.6. The van der Waals surface area contributed by atoms with E-state index in [9.17, 15) is 4.79 Å². The maximum Gasteiger partial charge on any atom is 0.407 e. The molecule has 0 aliphatic carbocycles. The van der Waals surface area contributed by atoms with E-state index in [0.717, 1.165) is 25.2 Å². The van der Waals surface area contributed by atoms with Crippen molar-refractivity contribution in [2.45, 2.75) is 12.5 Å². The summed E-state index contributed by atoms with van der Waals surface area (Å²) >= 11 is 0. The lowest BCUT2D eigenvalue weighted by Crippen LogP contribution is -2.33. The normalized spacial score (nSPS) is 20.7. The highest BCUT2D eigenvalue weighted by Gasteiger charge is 2.19. The van der Waals surface area contributed by atoms with Crippen molar-refractivity contribution >= 4 is 6.09 Å². The van der Waals surface area contributed by atoms with Crippen LogP contribution >= 0.6 is 0 Å². The third kappa shape index (κ3) is 2.92. The largest absolute Gasteiger partial charge is 0.453 e. The summed E-state index contributed by atoms with van der Waals surface area (Å²) in [5.41, 5.74) is 6.63. The molecule has 1 aliphatic rings. The second-order valence-electron chi connectivity index (χ2n) is 3.41. The standard InChI is InChI=1S/C9H17N3O2/c1-7(5-11-9(13)14-2)12-4-3-8(10)6-12/h8H,1,3-6,10H2,2H3,(H,11,13). The Morgan fingerprint density at radius 3 is 3.00 bits per heavy atom. The fourth-order valence-corrected chi connectivity index (χ4v) is 1.43. The monoisotopic (exact) mass is 199 g/mol. The van der Waals surface area contributed by atoms with Gasteiger partial charge in [-0.15, -0.1) is 0 Å². The van der Waals surface area contributed by atoms with Gasteiger partial charge in [-0.05, 0) is 6.42 Å². The summed E-state index contributed by atoms with van der Waals surface area (Å²) in [6.45, 7) is 6.03. The van der Waals surface area contributed by atoms with E-state index in [1.165, 1.54) is 7.11 Å². The number of nitrogens with one attached hydrogen (secondary N) is 1. The number of likely N-dealkylation sites (tertiary alicyclic amines) is 1. The van der Waals surface area contributed by atoms with Crippen LogP contribution in [0, 0.1) is 0 Å². The predicted molar refractivity (Wildman–Crippen MR) is 53.7 cm³/mol. The molecule has 1 atom stereocenters. The van der Waals surface area contributed by atoms with E-state index in [0.29, 0.717) is 6.54 Å². The molecule has 0 aromatic heterocycles. The van der Waals surface area contributed by atoms with Crippen LogP contribution in [-0.4, -0.2) is 43.8 Å². The molecular formula is C9H17N3O2. The van der Waals surface area contributed by atoms with Gasteiger partial charge in [0.2, 0.25) is 0 Å². The number of hydrogen-bond donors (Lipinski definition) is 2. The van der Waals surface area contributed by atoms with Gasteiger partial charge in [0.05, 0.1) is 13.7 Å². The first-order chi connectivity index (χ1) is 6.63. The van der Waals surface area contributed by atoms with Crippen LogP contribution in [0.25, 0.3) is 0 Å². The Morgan fingerprint density at radius 2 is 2.50 bits per heavy atom. The van der Waals surface area contributed by atoms with Crippen molar-refractivity contribution in [1.29, 1.82) is 0 Å². The summed E-state index contributed by atoms with van der Waals surface area (Å²) in [5, 5.41) is 2.58. The molecule has 0 aromatic carbocycles. The molecule has 1 saturated heterocycles. The first-order valence-electron chi connectivity index (χ1n) is 4.63. The highest BCUT2D eigenvalue weighted by Crippen LogP contribution is 2.11. The van der Waals surface area contributed by atoms with Crippen LogP contribution in [0.2, 0.25) is 0 Å². The van der Waals surface area contributed by atoms with Crippen molar-refractivity contribution < 1.29 is 9.53 Å². The Bertz CT molecular complexity index is 230. The van der Waals surface area contributed by atoms with Gasteiger partial charge < -0.3 is 20.7 Å². The molecule has 1 unspecified atom stereocenters. The lowest BCUT2D eigenvalue weighted by molar-refractivity contribution is 0.171. The molecule has 0 bridgehead atoms. The molecular weight excluding hydrogens is 182 g/mol. The number of carbonyl (C=O) groups excluding carboxylic acids is 1. The number of alkyl carbamates (subject to hydrolysis) is 1. The van der Waals surface area contributed by atoms with Gasteiger partial charge in [-0.3, -0.25) is 0 Å². The third-order valence-electron chi connectivity index (χ3n) is 2.29. The van der Waals surface area contributed by atoms with E-state index in [1.54, 1.807) is 0 Å². The molecule has 1 rings (SSSR count). The Balaban J connectivity index is 2.25. The lowest BCUT2D eigenvalue weighted by Gasteiger charge is -2.20. The fraction of sp³-hybridized carbons (Fsp3) is 0.667. The summed E-state index contributed by atoms with van der Waals surface area (Å²) < 4.78 is 4.45. The Hall–Kier alpha value is -1.23. The van der Waals surface area contributed by atoms with Crippen molar-refractivity contribution in [1.82, 2.24) is 10.2 Å². The molecule has 1 amide bonds. The number of ether oxygens (including phenoxy) is 1. The molecule has 0 spiro atoms. The van der Waals surface area contributed by atoms with Crippen molar-refractivity contribution in [3.63, 3.8) is 0 Å². The minimum absolute atomic E-state index is 0.227. The zero-order valence-corrected chi connectivity index (χ0v) is 8.45. The van der Waals surface area contributed by atoms with Crippen LogP contribution in [0.3, 0.4) is 0 Å². The van der Waals surface area contributed by atoms with Crippen LogP contribution in [0.5, 0.6) is 0 Å². The third-order valence-corrected chi connectivity index (χ3v) is 2.29. The van der Waals surface area contributed by atoms with E-state index in [1.807, 2.05) is 0 Å². The van der Waals surface area contributed by atoms with Gasteiger partial charge in [-0.2, -0.15) is 0 Å². The zero-order valence-electron chi connectivity index (χ0n) is 8.45. The number of hydrogen-bond acceptors (Lipinski definition) is 4. The van der Waals surface area contributed by atoms with Gasteiger partial charge in [0, 0.05) is 24.8 Å². The van der Waals surface area contributed by atoms with E-state index in [4.69, 9.17) is 5.73 Å². The summed E-state index contributed by atoms with van der Waals surface area (Å²) in [6, 6.07) is 0.227. The first-order valence-corrected chi connectivity index (χ1v) is 4.63. The highest BCUT2D eigenvalue weighted by molar-refractivity contribution is 5.67. The molecule has 0 aromatic rings. The highest BCUT2D eigenvalue weighted by atomic mass is 16.5. The molecule has 5 nitrogen and oxygen atoms in total. The van der Waals surface area contributed by atoms with E-state index < -0.39 is 6.09 Å². The lowest BCUT2D eigenvalue weighted by atomic mass is 10.3. The summed E-state index contributed by atoms with van der Waals surface area (Å²) in [6.07, 6.45) is 0.548. The molecule has 1 heterocycles. The van der Waals surface area contributed by atoms with E-state index in [2.05, 4.69) is 21.5 Å². The van der Waals surface area contributed by atoms with Gasteiger partial charge in [0.25, 0.3) is 0 Å². The number of methoxy groups -OCH3 is 1. The van der Waals surface area contributed by atoms with Gasteiger partial charge in [0.1, 0.15) is 0 Å². The number of amides is 1. The quantitative estimate of drug-likeness (QED) is 0.665. The van der Waals surface area contributed by atoms with E-state index in [-0.39, 0.29) is 6.04 Å². The molecule has 14 heavy (non-hydrogen) atoms. The molecule has 0 saturated carbocycles. The Morgan fingerprint density at radius 1 is 1.79 bits per heavy atom. The van der Waals surface area contributed by atoms with Gasteiger partial charge in [-0.1, -0.05) is 6.58 Å². The first kappa shape index (κ1) is 10.8. The average molecular weight is 199 g/mol.